The highest BCUT2D eigenvalue weighted by molar-refractivity contribution is 9.10. The number of fused-ring (bicyclic) bond motifs is 1. The number of benzene rings is 2. The van der Waals surface area contributed by atoms with E-state index in [2.05, 4.69) is 51.8 Å². The molecule has 3 aromatic rings. The predicted molar refractivity (Wildman–Crippen MR) is 117 cm³/mol. The van der Waals surface area contributed by atoms with E-state index in [0.29, 0.717) is 17.4 Å². The summed E-state index contributed by atoms with van der Waals surface area (Å²) in [5.41, 5.74) is 3.60. The van der Waals surface area contributed by atoms with Crippen LogP contribution in [0.5, 0.6) is 0 Å². The van der Waals surface area contributed by atoms with E-state index in [9.17, 15) is 4.79 Å². The molecule has 3 atom stereocenters. The van der Waals surface area contributed by atoms with Gasteiger partial charge in [0, 0.05) is 21.8 Å². The largest absolute Gasteiger partial charge is 0.349 e. The number of hydrogen-bond donors (Lipinski definition) is 1. The van der Waals surface area contributed by atoms with E-state index in [-0.39, 0.29) is 11.9 Å². The number of carbonyl (C=O) groups is 1. The van der Waals surface area contributed by atoms with Crippen LogP contribution in [0.3, 0.4) is 0 Å². The molecular weight excluding hydrogens is 414 g/mol. The van der Waals surface area contributed by atoms with Gasteiger partial charge in [-0.15, -0.1) is 0 Å². The third-order valence-electron chi connectivity index (χ3n) is 6.19. The maximum atomic E-state index is 12.9. The van der Waals surface area contributed by atoms with Gasteiger partial charge in [-0.1, -0.05) is 42.6 Å². The number of amides is 1. The van der Waals surface area contributed by atoms with Crippen molar-refractivity contribution < 1.29 is 4.79 Å². The van der Waals surface area contributed by atoms with Gasteiger partial charge < -0.3 is 5.32 Å². The molecule has 4 rings (SSSR count). The summed E-state index contributed by atoms with van der Waals surface area (Å²) in [6.07, 6.45) is 3.51. The SMILES string of the molecule is Cc1nc2cc(C(=O)N[C@@H]3CCC[C@H](C)[C@H]3C)ccc2n1-c1ccc(Br)cc1. The normalized spacial score (nSPS) is 22.4. The molecule has 0 saturated heterocycles. The molecule has 1 amide bonds. The topological polar surface area (TPSA) is 46.9 Å². The van der Waals surface area contributed by atoms with Gasteiger partial charge in [0.25, 0.3) is 5.91 Å². The average molecular weight is 440 g/mol. The summed E-state index contributed by atoms with van der Waals surface area (Å²) in [6.45, 7) is 6.53. The Kier molecular flexibility index (Phi) is 5.28. The third kappa shape index (κ3) is 3.60. The Bertz CT molecular complexity index is 1010. The van der Waals surface area contributed by atoms with E-state index in [4.69, 9.17) is 4.98 Å². The van der Waals surface area contributed by atoms with E-state index < -0.39 is 0 Å². The van der Waals surface area contributed by atoms with Gasteiger partial charge in [0.15, 0.2) is 0 Å². The number of nitrogens with zero attached hydrogens (tertiary/aromatic N) is 2. The molecule has 0 spiro atoms. The van der Waals surface area contributed by atoms with Gasteiger partial charge in [-0.2, -0.15) is 0 Å². The number of imidazole rings is 1. The molecule has 1 heterocycles. The number of halogens is 1. The van der Waals surface area contributed by atoms with Gasteiger partial charge in [0.05, 0.1) is 11.0 Å². The van der Waals surface area contributed by atoms with Crippen molar-refractivity contribution in [1.82, 2.24) is 14.9 Å². The molecule has 1 aliphatic carbocycles. The van der Waals surface area contributed by atoms with Crippen LogP contribution in [0.25, 0.3) is 16.7 Å². The molecule has 0 bridgehead atoms. The summed E-state index contributed by atoms with van der Waals surface area (Å²) in [5.74, 6) is 2.08. The lowest BCUT2D eigenvalue weighted by Crippen LogP contribution is -2.43. The van der Waals surface area contributed by atoms with Crippen LogP contribution in [0.2, 0.25) is 0 Å². The summed E-state index contributed by atoms with van der Waals surface area (Å²) in [4.78, 5) is 17.6. The molecule has 0 unspecified atom stereocenters. The molecule has 2 aromatic carbocycles. The molecule has 28 heavy (non-hydrogen) atoms. The first-order valence-corrected chi connectivity index (χ1v) is 10.8. The van der Waals surface area contributed by atoms with E-state index in [1.807, 2.05) is 37.3 Å². The van der Waals surface area contributed by atoms with E-state index in [1.54, 1.807) is 0 Å². The highest BCUT2D eigenvalue weighted by atomic mass is 79.9. The summed E-state index contributed by atoms with van der Waals surface area (Å²) < 4.78 is 3.16. The zero-order valence-corrected chi connectivity index (χ0v) is 18.2. The first-order chi connectivity index (χ1) is 13.4. The Morgan fingerprint density at radius 1 is 1.14 bits per heavy atom. The molecule has 0 radical (unpaired) electrons. The lowest BCUT2D eigenvalue weighted by atomic mass is 9.78. The van der Waals surface area contributed by atoms with Crippen molar-refractivity contribution in [2.75, 3.05) is 0 Å². The minimum Gasteiger partial charge on any atom is -0.349 e. The minimum absolute atomic E-state index is 0.00342. The Labute approximate surface area is 174 Å². The van der Waals surface area contributed by atoms with Crippen LogP contribution in [0, 0.1) is 18.8 Å². The van der Waals surface area contributed by atoms with Crippen LogP contribution in [0.4, 0.5) is 0 Å². The van der Waals surface area contributed by atoms with Gasteiger partial charge in [-0.3, -0.25) is 9.36 Å². The number of hydrogen-bond acceptors (Lipinski definition) is 2. The lowest BCUT2D eigenvalue weighted by molar-refractivity contribution is 0.0891. The van der Waals surface area contributed by atoms with E-state index in [0.717, 1.165) is 33.4 Å². The fourth-order valence-corrected chi connectivity index (χ4v) is 4.56. The Hall–Kier alpha value is -2.14. The first kappa shape index (κ1) is 19.2. The number of rotatable bonds is 3. The molecule has 1 aliphatic rings. The van der Waals surface area contributed by atoms with Crippen molar-refractivity contribution in [1.29, 1.82) is 0 Å². The molecule has 1 aromatic heterocycles. The maximum absolute atomic E-state index is 12.9. The summed E-state index contributed by atoms with van der Waals surface area (Å²) in [7, 11) is 0. The summed E-state index contributed by atoms with van der Waals surface area (Å²) in [5, 5.41) is 3.26. The van der Waals surface area contributed by atoms with Crippen molar-refractivity contribution in [2.45, 2.75) is 46.1 Å². The maximum Gasteiger partial charge on any atom is 0.251 e. The quantitative estimate of drug-likeness (QED) is 0.572. The highest BCUT2D eigenvalue weighted by Gasteiger charge is 2.28. The molecule has 1 fully saturated rings. The summed E-state index contributed by atoms with van der Waals surface area (Å²) in [6, 6.07) is 14.2. The van der Waals surface area contributed by atoms with Gasteiger partial charge >= 0.3 is 0 Å². The standard InChI is InChI=1S/C23H26BrN3O/c1-14-5-4-6-20(15(14)2)26-23(28)17-7-12-22-21(13-17)25-16(3)27(22)19-10-8-18(24)9-11-19/h7-15,20H,4-6H2,1-3H3,(H,26,28)/t14-,15+,20+/m0/s1. The highest BCUT2D eigenvalue weighted by Crippen LogP contribution is 2.30. The van der Waals surface area contributed by atoms with E-state index >= 15 is 0 Å². The van der Waals surface area contributed by atoms with Crippen molar-refractivity contribution in [2.24, 2.45) is 11.8 Å². The second-order valence-corrected chi connectivity index (χ2v) is 8.94. The Morgan fingerprint density at radius 2 is 1.89 bits per heavy atom. The van der Waals surface area contributed by atoms with Gasteiger partial charge in [-0.25, -0.2) is 4.98 Å². The Balaban J connectivity index is 1.62. The molecule has 1 saturated carbocycles. The molecule has 1 N–H and O–H groups in total. The van der Waals surface area contributed by atoms with Crippen molar-refractivity contribution in [3.8, 4) is 5.69 Å². The molecule has 5 heteroatoms. The Morgan fingerprint density at radius 3 is 2.64 bits per heavy atom. The van der Waals surface area contributed by atoms with Crippen molar-refractivity contribution in [3.05, 3.63) is 58.3 Å². The molecule has 0 aliphatic heterocycles. The average Bonchev–Trinajstić information content (AvgIpc) is 3.01. The van der Waals surface area contributed by atoms with Crippen LogP contribution in [-0.4, -0.2) is 21.5 Å². The van der Waals surface area contributed by atoms with Crippen LogP contribution in [0.15, 0.2) is 46.9 Å². The van der Waals surface area contributed by atoms with Crippen LogP contribution in [-0.2, 0) is 0 Å². The fraction of sp³-hybridized carbons (Fsp3) is 0.391. The zero-order chi connectivity index (χ0) is 19.8. The number of carbonyl (C=O) groups excluding carboxylic acids is 1. The fourth-order valence-electron chi connectivity index (χ4n) is 4.30. The van der Waals surface area contributed by atoms with Crippen LogP contribution in [0.1, 0.15) is 49.3 Å². The number of aromatic nitrogens is 2. The number of aryl methyl sites for hydroxylation is 1. The van der Waals surface area contributed by atoms with Gasteiger partial charge in [0.1, 0.15) is 5.82 Å². The molecule has 146 valence electrons. The monoisotopic (exact) mass is 439 g/mol. The number of nitrogens with one attached hydrogen (secondary N) is 1. The minimum atomic E-state index is 0.00342. The summed E-state index contributed by atoms with van der Waals surface area (Å²) >= 11 is 3.48. The second kappa shape index (κ2) is 7.70. The van der Waals surface area contributed by atoms with Crippen LogP contribution < -0.4 is 5.32 Å². The van der Waals surface area contributed by atoms with Crippen molar-refractivity contribution >= 4 is 32.9 Å². The second-order valence-electron chi connectivity index (χ2n) is 8.02. The smallest absolute Gasteiger partial charge is 0.251 e. The van der Waals surface area contributed by atoms with E-state index in [1.165, 1.54) is 12.8 Å². The lowest BCUT2D eigenvalue weighted by Gasteiger charge is -2.34. The predicted octanol–water partition coefficient (Wildman–Crippen LogP) is 5.65. The van der Waals surface area contributed by atoms with Crippen LogP contribution >= 0.6 is 15.9 Å². The molecular formula is C23H26BrN3O. The third-order valence-corrected chi connectivity index (χ3v) is 6.72. The zero-order valence-electron chi connectivity index (χ0n) is 16.6. The van der Waals surface area contributed by atoms with Gasteiger partial charge in [-0.05, 0) is 67.6 Å². The first-order valence-electron chi connectivity index (χ1n) is 10.00. The molecule has 4 nitrogen and oxygen atoms in total. The van der Waals surface area contributed by atoms with Crippen molar-refractivity contribution in [3.63, 3.8) is 0 Å². The van der Waals surface area contributed by atoms with Gasteiger partial charge in [0.2, 0.25) is 0 Å².